The minimum Gasteiger partial charge on any atom is -0.463 e. The van der Waals surface area contributed by atoms with Crippen LogP contribution in [0.4, 0.5) is 8.78 Å². The molecule has 0 aromatic carbocycles. The summed E-state index contributed by atoms with van der Waals surface area (Å²) < 4.78 is 33.4. The lowest BCUT2D eigenvalue weighted by atomic mass is 10.0. The standard InChI is InChI=1S/C15H25F2NO3/c1-5-9-10-12(11-13(19)21-8-4)15(16,17)14(20)18(6-2)7-3/h11H,5-10H2,1-4H3/b12-11-. The first-order chi connectivity index (χ1) is 9.84. The van der Waals surface area contributed by atoms with Crippen molar-refractivity contribution in [1.29, 1.82) is 0 Å². The fourth-order valence-corrected chi connectivity index (χ4v) is 1.86. The molecule has 122 valence electrons. The number of rotatable bonds is 9. The Bertz CT molecular complexity index is 377. The van der Waals surface area contributed by atoms with E-state index in [0.29, 0.717) is 12.8 Å². The van der Waals surface area contributed by atoms with E-state index in [-0.39, 0.29) is 26.1 Å². The molecule has 0 unspecified atom stereocenters. The van der Waals surface area contributed by atoms with Crippen molar-refractivity contribution < 1.29 is 23.1 Å². The monoisotopic (exact) mass is 305 g/mol. The fraction of sp³-hybridized carbons (Fsp3) is 0.733. The lowest BCUT2D eigenvalue weighted by Gasteiger charge is -2.26. The molecule has 0 saturated carbocycles. The molecule has 1 amide bonds. The summed E-state index contributed by atoms with van der Waals surface area (Å²) >= 11 is 0. The van der Waals surface area contributed by atoms with Crippen LogP contribution in [0, 0.1) is 0 Å². The molecule has 0 rings (SSSR count). The number of carbonyl (C=O) groups is 2. The molecule has 0 aromatic heterocycles. The second-order valence-corrected chi connectivity index (χ2v) is 4.58. The van der Waals surface area contributed by atoms with Gasteiger partial charge in [-0.05, 0) is 33.6 Å². The van der Waals surface area contributed by atoms with Crippen molar-refractivity contribution in [1.82, 2.24) is 4.90 Å². The predicted octanol–water partition coefficient (Wildman–Crippen LogP) is 3.17. The molecule has 0 heterocycles. The number of halogens is 2. The lowest BCUT2D eigenvalue weighted by Crippen LogP contribution is -2.44. The second kappa shape index (κ2) is 9.47. The van der Waals surface area contributed by atoms with E-state index in [1.807, 2.05) is 6.92 Å². The molecule has 0 aliphatic rings. The number of alkyl halides is 2. The van der Waals surface area contributed by atoms with Crippen LogP contribution in [0.25, 0.3) is 0 Å². The van der Waals surface area contributed by atoms with Crippen LogP contribution in [0.2, 0.25) is 0 Å². The molecule has 0 aliphatic carbocycles. The van der Waals surface area contributed by atoms with Gasteiger partial charge < -0.3 is 9.64 Å². The smallest absolute Gasteiger partial charge is 0.346 e. The van der Waals surface area contributed by atoms with Gasteiger partial charge in [0.1, 0.15) is 0 Å². The Morgan fingerprint density at radius 3 is 2.14 bits per heavy atom. The summed E-state index contributed by atoms with van der Waals surface area (Å²) in [5, 5.41) is 0. The van der Waals surface area contributed by atoms with Crippen LogP contribution < -0.4 is 0 Å². The zero-order chi connectivity index (χ0) is 16.5. The molecular weight excluding hydrogens is 280 g/mol. The van der Waals surface area contributed by atoms with Crippen LogP contribution in [0.3, 0.4) is 0 Å². The second-order valence-electron chi connectivity index (χ2n) is 4.58. The third-order valence-electron chi connectivity index (χ3n) is 3.10. The molecule has 0 bridgehead atoms. The summed E-state index contributed by atoms with van der Waals surface area (Å²) in [5.41, 5.74) is -0.472. The number of esters is 1. The zero-order valence-corrected chi connectivity index (χ0v) is 13.2. The van der Waals surface area contributed by atoms with E-state index in [0.717, 1.165) is 11.0 Å². The molecule has 0 aromatic rings. The molecule has 0 N–H and O–H groups in total. The van der Waals surface area contributed by atoms with Gasteiger partial charge in [0.2, 0.25) is 0 Å². The minimum atomic E-state index is -3.67. The molecular formula is C15H25F2NO3. The summed E-state index contributed by atoms with van der Waals surface area (Å²) in [6.07, 6.45) is 1.93. The van der Waals surface area contributed by atoms with Gasteiger partial charge in [0, 0.05) is 24.7 Å². The average Bonchev–Trinajstić information content (AvgIpc) is 2.44. The molecule has 21 heavy (non-hydrogen) atoms. The number of ether oxygens (including phenoxy) is 1. The van der Waals surface area contributed by atoms with Crippen LogP contribution >= 0.6 is 0 Å². The van der Waals surface area contributed by atoms with E-state index in [1.54, 1.807) is 20.8 Å². The molecule has 4 nitrogen and oxygen atoms in total. The number of unbranched alkanes of at least 4 members (excludes halogenated alkanes) is 1. The first-order valence-corrected chi connectivity index (χ1v) is 7.39. The van der Waals surface area contributed by atoms with Gasteiger partial charge >= 0.3 is 11.9 Å². The van der Waals surface area contributed by atoms with Crippen molar-refractivity contribution in [2.24, 2.45) is 0 Å². The Labute approximate surface area is 125 Å². The topological polar surface area (TPSA) is 46.6 Å². The first-order valence-electron chi connectivity index (χ1n) is 7.39. The maximum absolute atomic E-state index is 14.4. The Morgan fingerprint density at radius 1 is 1.14 bits per heavy atom. The van der Waals surface area contributed by atoms with E-state index >= 15 is 0 Å². The van der Waals surface area contributed by atoms with Gasteiger partial charge in [-0.3, -0.25) is 4.79 Å². The molecule has 6 heteroatoms. The third-order valence-corrected chi connectivity index (χ3v) is 3.10. The maximum atomic E-state index is 14.4. The largest absolute Gasteiger partial charge is 0.463 e. The number of hydrogen-bond acceptors (Lipinski definition) is 3. The van der Waals surface area contributed by atoms with E-state index in [2.05, 4.69) is 4.74 Å². The molecule has 0 radical (unpaired) electrons. The van der Waals surface area contributed by atoms with Gasteiger partial charge in [-0.1, -0.05) is 13.3 Å². The SMILES string of the molecule is CCCC/C(=C/C(=O)OCC)C(F)(F)C(=O)N(CC)CC. The predicted molar refractivity (Wildman–Crippen MR) is 77.1 cm³/mol. The number of hydrogen-bond donors (Lipinski definition) is 0. The van der Waals surface area contributed by atoms with E-state index in [1.165, 1.54) is 0 Å². The van der Waals surface area contributed by atoms with Crippen molar-refractivity contribution in [2.45, 2.75) is 52.9 Å². The van der Waals surface area contributed by atoms with Crippen LogP contribution in [0.5, 0.6) is 0 Å². The molecule has 0 aliphatic heterocycles. The van der Waals surface area contributed by atoms with Gasteiger partial charge in [-0.2, -0.15) is 8.78 Å². The highest BCUT2D eigenvalue weighted by Gasteiger charge is 2.45. The Morgan fingerprint density at radius 2 is 1.71 bits per heavy atom. The van der Waals surface area contributed by atoms with Crippen LogP contribution in [0.1, 0.15) is 47.0 Å². The normalized spacial score (nSPS) is 12.2. The van der Waals surface area contributed by atoms with Crippen molar-refractivity contribution in [3.63, 3.8) is 0 Å². The van der Waals surface area contributed by atoms with Gasteiger partial charge in [-0.15, -0.1) is 0 Å². The quantitative estimate of drug-likeness (QED) is 0.485. The van der Waals surface area contributed by atoms with Gasteiger partial charge in [0.25, 0.3) is 5.91 Å². The van der Waals surface area contributed by atoms with Crippen LogP contribution in [-0.4, -0.2) is 42.4 Å². The Hall–Kier alpha value is -1.46. The minimum absolute atomic E-state index is 0.00464. The molecule has 0 spiro atoms. The van der Waals surface area contributed by atoms with Crippen molar-refractivity contribution in [3.8, 4) is 0 Å². The number of nitrogens with zero attached hydrogens (tertiary/aromatic N) is 1. The van der Waals surface area contributed by atoms with Gasteiger partial charge in [0.15, 0.2) is 0 Å². The lowest BCUT2D eigenvalue weighted by molar-refractivity contribution is -0.152. The highest BCUT2D eigenvalue weighted by atomic mass is 19.3. The van der Waals surface area contributed by atoms with Gasteiger partial charge in [0.05, 0.1) is 6.61 Å². The number of amides is 1. The summed E-state index contributed by atoms with van der Waals surface area (Å²) in [6, 6.07) is 0. The van der Waals surface area contributed by atoms with Crippen LogP contribution in [0.15, 0.2) is 11.6 Å². The van der Waals surface area contributed by atoms with E-state index < -0.39 is 23.4 Å². The summed E-state index contributed by atoms with van der Waals surface area (Å²) in [5.74, 6) is -5.77. The summed E-state index contributed by atoms with van der Waals surface area (Å²) in [6.45, 7) is 7.22. The van der Waals surface area contributed by atoms with E-state index in [9.17, 15) is 18.4 Å². The van der Waals surface area contributed by atoms with Crippen molar-refractivity contribution in [3.05, 3.63) is 11.6 Å². The molecule has 0 atom stereocenters. The number of carbonyl (C=O) groups excluding carboxylic acids is 2. The van der Waals surface area contributed by atoms with Crippen molar-refractivity contribution in [2.75, 3.05) is 19.7 Å². The Balaban J connectivity index is 5.36. The zero-order valence-electron chi connectivity index (χ0n) is 13.2. The van der Waals surface area contributed by atoms with Crippen LogP contribution in [-0.2, 0) is 14.3 Å². The van der Waals surface area contributed by atoms with Gasteiger partial charge in [-0.25, -0.2) is 4.79 Å². The maximum Gasteiger partial charge on any atom is 0.346 e. The third kappa shape index (κ3) is 5.81. The summed E-state index contributed by atoms with van der Waals surface area (Å²) in [7, 11) is 0. The van der Waals surface area contributed by atoms with Crippen molar-refractivity contribution >= 4 is 11.9 Å². The highest BCUT2D eigenvalue weighted by Crippen LogP contribution is 2.30. The molecule has 0 fully saturated rings. The first kappa shape index (κ1) is 19.5. The Kier molecular flexibility index (Phi) is 8.81. The summed E-state index contributed by atoms with van der Waals surface area (Å²) in [4.78, 5) is 24.5. The fourth-order valence-electron chi connectivity index (χ4n) is 1.86. The average molecular weight is 305 g/mol. The highest BCUT2D eigenvalue weighted by molar-refractivity contribution is 5.90. The molecule has 0 saturated heterocycles. The van der Waals surface area contributed by atoms with E-state index in [4.69, 9.17) is 0 Å².